The number of ether oxygens (including phenoxy) is 1. The van der Waals surface area contributed by atoms with Crippen LogP contribution in [-0.2, 0) is 22.4 Å². The first-order valence-corrected chi connectivity index (χ1v) is 9.68. The van der Waals surface area contributed by atoms with Crippen molar-refractivity contribution in [3.8, 4) is 0 Å². The van der Waals surface area contributed by atoms with Gasteiger partial charge in [-0.3, -0.25) is 4.79 Å². The maximum atomic E-state index is 12.1. The Morgan fingerprint density at radius 1 is 1.33 bits per heavy atom. The maximum absolute atomic E-state index is 12.1. The van der Waals surface area contributed by atoms with Gasteiger partial charge in [0.25, 0.3) is 0 Å². The van der Waals surface area contributed by atoms with E-state index in [1.165, 1.54) is 4.88 Å². The van der Waals surface area contributed by atoms with Gasteiger partial charge in [-0.05, 0) is 32.3 Å². The molecule has 6 heteroatoms. The molecule has 1 aliphatic rings. The van der Waals surface area contributed by atoms with E-state index in [1.54, 1.807) is 11.3 Å². The Labute approximate surface area is 147 Å². The Morgan fingerprint density at radius 3 is 2.88 bits per heavy atom. The molecule has 3 rings (SSSR count). The first-order valence-electron chi connectivity index (χ1n) is 8.87. The molecule has 1 aliphatic heterocycles. The highest BCUT2D eigenvalue weighted by Gasteiger charge is 2.29. The standard InChI is InChI=1S/C18H25N3O2S/c1-4-13-10-14-16(19-15(5-2)20-17(14)24-13)21-9-7-8-12(11-21)18(22)23-6-3/h10,12H,4-9,11H2,1-3H3. The van der Waals surface area contributed by atoms with Crippen molar-refractivity contribution in [1.82, 2.24) is 9.97 Å². The van der Waals surface area contributed by atoms with Crippen LogP contribution in [0.4, 0.5) is 5.82 Å². The predicted octanol–water partition coefficient (Wildman–Crippen LogP) is 3.60. The fraction of sp³-hybridized carbons (Fsp3) is 0.611. The van der Waals surface area contributed by atoms with Gasteiger partial charge >= 0.3 is 5.97 Å². The molecule has 0 aromatic carbocycles. The summed E-state index contributed by atoms with van der Waals surface area (Å²) in [5.41, 5.74) is 0. The number of rotatable bonds is 5. The number of aryl methyl sites for hydroxylation is 2. The van der Waals surface area contributed by atoms with Crippen LogP contribution in [0.15, 0.2) is 6.07 Å². The second-order valence-corrected chi connectivity index (χ2v) is 7.25. The van der Waals surface area contributed by atoms with E-state index in [9.17, 15) is 4.79 Å². The average Bonchev–Trinajstić information content (AvgIpc) is 3.04. The predicted molar refractivity (Wildman–Crippen MR) is 97.7 cm³/mol. The van der Waals surface area contributed by atoms with Crippen LogP contribution in [0.25, 0.3) is 10.2 Å². The maximum Gasteiger partial charge on any atom is 0.310 e. The van der Waals surface area contributed by atoms with Crippen LogP contribution in [-0.4, -0.2) is 35.6 Å². The number of nitrogens with zero attached hydrogens (tertiary/aromatic N) is 3. The number of anilines is 1. The lowest BCUT2D eigenvalue weighted by atomic mass is 9.98. The van der Waals surface area contributed by atoms with E-state index in [4.69, 9.17) is 14.7 Å². The van der Waals surface area contributed by atoms with E-state index in [0.29, 0.717) is 13.2 Å². The Bertz CT molecular complexity index is 728. The SMILES string of the molecule is CCOC(=O)C1CCCN(c2nc(CC)nc3sc(CC)cc23)C1. The summed E-state index contributed by atoms with van der Waals surface area (Å²) in [5, 5.41) is 1.12. The molecule has 1 saturated heterocycles. The molecule has 2 aromatic rings. The monoisotopic (exact) mass is 347 g/mol. The third-order valence-corrected chi connectivity index (χ3v) is 5.65. The summed E-state index contributed by atoms with van der Waals surface area (Å²) in [7, 11) is 0. The van der Waals surface area contributed by atoms with E-state index in [2.05, 4.69) is 24.8 Å². The lowest BCUT2D eigenvalue weighted by Crippen LogP contribution is -2.40. The fourth-order valence-electron chi connectivity index (χ4n) is 3.19. The number of carbonyl (C=O) groups excluding carboxylic acids is 1. The lowest BCUT2D eigenvalue weighted by Gasteiger charge is -2.32. The second kappa shape index (κ2) is 7.47. The Morgan fingerprint density at radius 2 is 2.17 bits per heavy atom. The first-order chi connectivity index (χ1) is 11.7. The lowest BCUT2D eigenvalue weighted by molar-refractivity contribution is -0.148. The summed E-state index contributed by atoms with van der Waals surface area (Å²) in [6.45, 7) is 8.16. The summed E-state index contributed by atoms with van der Waals surface area (Å²) in [5.74, 6) is 1.72. The van der Waals surface area contributed by atoms with Crippen LogP contribution in [0.2, 0.25) is 0 Å². The average molecular weight is 347 g/mol. The molecule has 0 amide bonds. The van der Waals surface area contributed by atoms with Crippen molar-refractivity contribution < 1.29 is 9.53 Å². The van der Waals surface area contributed by atoms with Crippen molar-refractivity contribution in [1.29, 1.82) is 0 Å². The highest BCUT2D eigenvalue weighted by molar-refractivity contribution is 7.18. The third kappa shape index (κ3) is 3.38. The zero-order valence-electron chi connectivity index (χ0n) is 14.7. The molecule has 24 heavy (non-hydrogen) atoms. The van der Waals surface area contributed by atoms with Gasteiger partial charge in [0.05, 0.1) is 17.9 Å². The summed E-state index contributed by atoms with van der Waals surface area (Å²) < 4.78 is 5.22. The minimum atomic E-state index is -0.0808. The van der Waals surface area contributed by atoms with E-state index in [-0.39, 0.29) is 11.9 Å². The van der Waals surface area contributed by atoms with Gasteiger partial charge in [0.1, 0.15) is 16.5 Å². The van der Waals surface area contributed by atoms with Crippen LogP contribution in [0.3, 0.4) is 0 Å². The zero-order chi connectivity index (χ0) is 17.1. The van der Waals surface area contributed by atoms with Gasteiger partial charge in [0, 0.05) is 24.4 Å². The van der Waals surface area contributed by atoms with Gasteiger partial charge in [0.2, 0.25) is 0 Å². The van der Waals surface area contributed by atoms with Crippen molar-refractivity contribution in [2.75, 3.05) is 24.6 Å². The van der Waals surface area contributed by atoms with Crippen molar-refractivity contribution in [2.24, 2.45) is 5.92 Å². The van der Waals surface area contributed by atoms with E-state index in [0.717, 1.165) is 54.1 Å². The summed E-state index contributed by atoms with van der Waals surface area (Å²) in [6.07, 6.45) is 3.71. The van der Waals surface area contributed by atoms with Gasteiger partial charge in [-0.15, -0.1) is 11.3 Å². The largest absolute Gasteiger partial charge is 0.466 e. The topological polar surface area (TPSA) is 55.3 Å². The van der Waals surface area contributed by atoms with Gasteiger partial charge in [-0.2, -0.15) is 0 Å². The highest BCUT2D eigenvalue weighted by atomic mass is 32.1. The Hall–Kier alpha value is -1.69. The fourth-order valence-corrected chi connectivity index (χ4v) is 4.18. The molecular formula is C18H25N3O2S. The van der Waals surface area contributed by atoms with E-state index in [1.807, 2.05) is 6.92 Å². The Balaban J connectivity index is 1.95. The Kier molecular flexibility index (Phi) is 5.33. The molecule has 2 aromatic heterocycles. The molecule has 0 bridgehead atoms. The summed E-state index contributed by atoms with van der Waals surface area (Å²) in [6, 6.07) is 2.21. The number of hydrogen-bond acceptors (Lipinski definition) is 6. The van der Waals surface area contributed by atoms with Crippen LogP contribution in [0, 0.1) is 5.92 Å². The van der Waals surface area contributed by atoms with Crippen molar-refractivity contribution >= 4 is 33.3 Å². The summed E-state index contributed by atoms with van der Waals surface area (Å²) >= 11 is 1.75. The third-order valence-electron chi connectivity index (χ3n) is 4.48. The summed E-state index contributed by atoms with van der Waals surface area (Å²) in [4.78, 5) is 26.3. The van der Waals surface area contributed by atoms with Crippen LogP contribution < -0.4 is 4.90 Å². The smallest absolute Gasteiger partial charge is 0.310 e. The van der Waals surface area contributed by atoms with Crippen LogP contribution >= 0.6 is 11.3 Å². The second-order valence-electron chi connectivity index (χ2n) is 6.14. The molecule has 130 valence electrons. The minimum Gasteiger partial charge on any atom is -0.466 e. The number of esters is 1. The van der Waals surface area contributed by atoms with Crippen molar-refractivity contribution in [3.05, 3.63) is 16.8 Å². The molecule has 0 radical (unpaired) electrons. The zero-order valence-corrected chi connectivity index (χ0v) is 15.5. The molecule has 0 saturated carbocycles. The number of thiophene rings is 1. The highest BCUT2D eigenvalue weighted by Crippen LogP contribution is 2.33. The number of carbonyl (C=O) groups is 1. The molecule has 0 aliphatic carbocycles. The van der Waals surface area contributed by atoms with Crippen LogP contribution in [0.5, 0.6) is 0 Å². The first kappa shape index (κ1) is 17.1. The molecule has 1 fully saturated rings. The molecule has 0 spiro atoms. The molecule has 0 N–H and O–H groups in total. The van der Waals surface area contributed by atoms with Gasteiger partial charge in [-0.25, -0.2) is 9.97 Å². The normalized spacial score (nSPS) is 18.1. The van der Waals surface area contributed by atoms with Gasteiger partial charge in [-0.1, -0.05) is 13.8 Å². The number of piperidine rings is 1. The quantitative estimate of drug-likeness (QED) is 0.774. The molecule has 5 nitrogen and oxygen atoms in total. The number of hydrogen-bond donors (Lipinski definition) is 0. The molecule has 1 atom stereocenters. The van der Waals surface area contributed by atoms with Gasteiger partial charge < -0.3 is 9.64 Å². The van der Waals surface area contributed by atoms with Crippen LogP contribution in [0.1, 0.15) is 44.3 Å². The number of aromatic nitrogens is 2. The number of fused-ring (bicyclic) bond motifs is 1. The van der Waals surface area contributed by atoms with E-state index < -0.39 is 0 Å². The molecule has 1 unspecified atom stereocenters. The molecule has 3 heterocycles. The molecular weight excluding hydrogens is 322 g/mol. The minimum absolute atomic E-state index is 0.0573. The van der Waals surface area contributed by atoms with Gasteiger partial charge in [0.15, 0.2) is 0 Å². The van der Waals surface area contributed by atoms with Crippen molar-refractivity contribution in [2.45, 2.75) is 46.5 Å². The van der Waals surface area contributed by atoms with Crippen molar-refractivity contribution in [3.63, 3.8) is 0 Å². The van der Waals surface area contributed by atoms with E-state index >= 15 is 0 Å².